The molecular weight excluding hydrogens is 472 g/mol. The van der Waals surface area contributed by atoms with Gasteiger partial charge in [-0.25, -0.2) is 4.98 Å². The Bertz CT molecular complexity index is 910. The summed E-state index contributed by atoms with van der Waals surface area (Å²) in [5.41, 5.74) is 8.08. The molecule has 2 aromatic carbocycles. The van der Waals surface area contributed by atoms with E-state index in [4.69, 9.17) is 0 Å². The van der Waals surface area contributed by atoms with Crippen LogP contribution in [0.4, 0.5) is 0 Å². The highest BCUT2D eigenvalue weighted by molar-refractivity contribution is 9.11. The summed E-state index contributed by atoms with van der Waals surface area (Å²) < 4.78 is 5.52. The van der Waals surface area contributed by atoms with E-state index in [1.54, 1.807) is 0 Å². The zero-order chi connectivity index (χ0) is 16.2. The summed E-state index contributed by atoms with van der Waals surface area (Å²) >= 11 is 11.1. The van der Waals surface area contributed by atoms with Gasteiger partial charge in [0.1, 0.15) is 6.33 Å². The first-order chi connectivity index (χ1) is 10.3. The largest absolute Gasteiger partial charge is 0.297 e. The maximum Gasteiger partial charge on any atom is 0.100 e. The van der Waals surface area contributed by atoms with Gasteiger partial charge in [-0.05, 0) is 78.0 Å². The number of aromatic nitrogens is 2. The fourth-order valence-electron chi connectivity index (χ4n) is 2.78. The van der Waals surface area contributed by atoms with Crippen LogP contribution in [0.5, 0.6) is 0 Å². The molecule has 0 unspecified atom stereocenters. The number of rotatable bonds is 1. The first-order valence-electron chi connectivity index (χ1n) is 6.91. The highest BCUT2D eigenvalue weighted by atomic mass is 79.9. The third kappa shape index (κ3) is 2.38. The molecule has 22 heavy (non-hydrogen) atoms. The number of aryl methyl sites for hydroxylation is 3. The van der Waals surface area contributed by atoms with Gasteiger partial charge in [-0.2, -0.15) is 0 Å². The van der Waals surface area contributed by atoms with E-state index in [1.807, 2.05) is 6.33 Å². The molecule has 114 valence electrons. The number of halogens is 3. The summed E-state index contributed by atoms with van der Waals surface area (Å²) in [6, 6.07) is 4.30. The third-order valence-corrected chi connectivity index (χ3v) is 7.46. The first kappa shape index (κ1) is 16.2. The molecule has 0 amide bonds. The van der Waals surface area contributed by atoms with E-state index in [0.717, 1.165) is 30.1 Å². The zero-order valence-electron chi connectivity index (χ0n) is 12.8. The second-order valence-electron chi connectivity index (χ2n) is 5.58. The molecule has 3 rings (SSSR count). The van der Waals surface area contributed by atoms with Gasteiger partial charge in [0, 0.05) is 13.4 Å². The van der Waals surface area contributed by atoms with Gasteiger partial charge in [0.2, 0.25) is 0 Å². The van der Waals surface area contributed by atoms with Crippen LogP contribution in [-0.2, 0) is 0 Å². The predicted molar refractivity (Wildman–Crippen MR) is 103 cm³/mol. The van der Waals surface area contributed by atoms with E-state index in [2.05, 4.69) is 97.2 Å². The van der Waals surface area contributed by atoms with Crippen molar-refractivity contribution in [2.24, 2.45) is 0 Å². The standard InChI is InChI=1S/C17H15Br3N2/c1-8-5-12-17(11(4)15(8)19)22(7-21-12)13-6-9(2)14(18)10(3)16(13)20/h5-7H,1-4H3. The smallest absolute Gasteiger partial charge is 0.100 e. The molecule has 0 saturated carbocycles. The Hall–Kier alpha value is -0.650. The van der Waals surface area contributed by atoms with Crippen molar-refractivity contribution < 1.29 is 0 Å². The van der Waals surface area contributed by atoms with Crippen molar-refractivity contribution in [3.05, 3.63) is 54.1 Å². The van der Waals surface area contributed by atoms with Crippen molar-refractivity contribution in [1.29, 1.82) is 0 Å². The van der Waals surface area contributed by atoms with E-state index in [1.165, 1.54) is 22.3 Å². The van der Waals surface area contributed by atoms with Gasteiger partial charge in [-0.1, -0.05) is 31.9 Å². The molecular formula is C17H15Br3N2. The second kappa shape index (κ2) is 5.77. The molecule has 5 heteroatoms. The Morgan fingerprint density at radius 2 is 1.41 bits per heavy atom. The van der Waals surface area contributed by atoms with Crippen LogP contribution >= 0.6 is 47.8 Å². The molecule has 0 bridgehead atoms. The lowest BCUT2D eigenvalue weighted by molar-refractivity contribution is 1.06. The van der Waals surface area contributed by atoms with E-state index < -0.39 is 0 Å². The van der Waals surface area contributed by atoms with Gasteiger partial charge in [-0.3, -0.25) is 4.57 Å². The number of nitrogens with zero attached hydrogens (tertiary/aromatic N) is 2. The lowest BCUT2D eigenvalue weighted by Gasteiger charge is -2.15. The fourth-order valence-corrected chi connectivity index (χ4v) is 4.17. The van der Waals surface area contributed by atoms with Gasteiger partial charge >= 0.3 is 0 Å². The second-order valence-corrected chi connectivity index (χ2v) is 7.96. The molecule has 0 fully saturated rings. The minimum atomic E-state index is 1.02. The van der Waals surface area contributed by atoms with Gasteiger partial charge in [0.15, 0.2) is 0 Å². The molecule has 2 nitrogen and oxygen atoms in total. The van der Waals surface area contributed by atoms with Crippen molar-refractivity contribution >= 4 is 58.8 Å². The van der Waals surface area contributed by atoms with Crippen LogP contribution in [-0.4, -0.2) is 9.55 Å². The fraction of sp³-hybridized carbons (Fsp3) is 0.235. The number of fused-ring (bicyclic) bond motifs is 1. The highest BCUT2D eigenvalue weighted by Gasteiger charge is 2.16. The molecule has 0 saturated heterocycles. The lowest BCUT2D eigenvalue weighted by Crippen LogP contribution is -1.99. The predicted octanol–water partition coefficient (Wildman–Crippen LogP) is 6.55. The molecule has 3 aromatic rings. The maximum atomic E-state index is 4.59. The first-order valence-corrected chi connectivity index (χ1v) is 9.29. The summed E-state index contributed by atoms with van der Waals surface area (Å²) in [5, 5.41) is 0. The molecule has 0 aliphatic carbocycles. The van der Waals surface area contributed by atoms with Crippen LogP contribution in [0.1, 0.15) is 22.3 Å². The van der Waals surface area contributed by atoms with Crippen LogP contribution in [0.15, 0.2) is 31.9 Å². The zero-order valence-corrected chi connectivity index (χ0v) is 17.5. The van der Waals surface area contributed by atoms with Crippen molar-refractivity contribution in [2.75, 3.05) is 0 Å². The summed E-state index contributed by atoms with van der Waals surface area (Å²) in [7, 11) is 0. The average molecular weight is 487 g/mol. The quantitative estimate of drug-likeness (QED) is 0.381. The van der Waals surface area contributed by atoms with Gasteiger partial charge in [0.05, 0.1) is 16.7 Å². The molecule has 0 spiro atoms. The third-order valence-electron chi connectivity index (χ3n) is 4.02. The molecule has 1 aromatic heterocycles. The Morgan fingerprint density at radius 3 is 2.09 bits per heavy atom. The SMILES string of the molecule is Cc1cc(-n2cnc3cc(C)c(Br)c(C)c32)c(Br)c(C)c1Br. The molecule has 0 radical (unpaired) electrons. The van der Waals surface area contributed by atoms with Crippen molar-refractivity contribution in [3.63, 3.8) is 0 Å². The maximum absolute atomic E-state index is 4.59. The molecule has 1 heterocycles. The number of hydrogen-bond donors (Lipinski definition) is 0. The number of imidazole rings is 1. The molecule has 0 aliphatic heterocycles. The van der Waals surface area contributed by atoms with Crippen LogP contribution in [0, 0.1) is 27.7 Å². The van der Waals surface area contributed by atoms with E-state index in [-0.39, 0.29) is 0 Å². The van der Waals surface area contributed by atoms with Crippen LogP contribution < -0.4 is 0 Å². The number of hydrogen-bond acceptors (Lipinski definition) is 1. The van der Waals surface area contributed by atoms with E-state index in [0.29, 0.717) is 0 Å². The van der Waals surface area contributed by atoms with Crippen LogP contribution in [0.3, 0.4) is 0 Å². The Morgan fingerprint density at radius 1 is 0.818 bits per heavy atom. The summed E-state index contributed by atoms with van der Waals surface area (Å²) in [6.45, 7) is 8.44. The van der Waals surface area contributed by atoms with E-state index >= 15 is 0 Å². The van der Waals surface area contributed by atoms with Crippen LogP contribution in [0.25, 0.3) is 16.7 Å². The lowest BCUT2D eigenvalue weighted by atomic mass is 10.1. The Balaban J connectivity index is 2.40. The summed E-state index contributed by atoms with van der Waals surface area (Å²) in [6.07, 6.45) is 1.90. The minimum absolute atomic E-state index is 1.02. The van der Waals surface area contributed by atoms with Crippen LogP contribution in [0.2, 0.25) is 0 Å². The van der Waals surface area contributed by atoms with Crippen molar-refractivity contribution in [3.8, 4) is 5.69 Å². The molecule has 0 N–H and O–H groups in total. The molecule has 0 aliphatic rings. The normalized spacial score (nSPS) is 11.4. The minimum Gasteiger partial charge on any atom is -0.297 e. The van der Waals surface area contributed by atoms with Gasteiger partial charge in [-0.15, -0.1) is 0 Å². The Kier molecular flexibility index (Phi) is 4.25. The summed E-state index contributed by atoms with van der Waals surface area (Å²) in [4.78, 5) is 4.59. The molecule has 0 atom stereocenters. The van der Waals surface area contributed by atoms with Crippen molar-refractivity contribution in [2.45, 2.75) is 27.7 Å². The van der Waals surface area contributed by atoms with E-state index in [9.17, 15) is 0 Å². The van der Waals surface area contributed by atoms with Gasteiger partial charge < -0.3 is 0 Å². The topological polar surface area (TPSA) is 17.8 Å². The average Bonchev–Trinajstić information content (AvgIpc) is 2.90. The van der Waals surface area contributed by atoms with Gasteiger partial charge in [0.25, 0.3) is 0 Å². The van der Waals surface area contributed by atoms with Crippen molar-refractivity contribution in [1.82, 2.24) is 9.55 Å². The monoisotopic (exact) mass is 484 g/mol. The number of benzene rings is 2. The highest BCUT2D eigenvalue weighted by Crippen LogP contribution is 2.36. The summed E-state index contributed by atoms with van der Waals surface area (Å²) in [5.74, 6) is 0. The Labute approximate surface area is 155 Å².